The molecule has 1 amide bonds. The second kappa shape index (κ2) is 10.2. The van der Waals surface area contributed by atoms with Crippen molar-refractivity contribution >= 4 is 17.6 Å². The molecule has 3 rings (SSSR count). The number of aryl methyl sites for hydroxylation is 2. The van der Waals surface area contributed by atoms with Gasteiger partial charge in [-0.05, 0) is 63.6 Å². The molecule has 3 aromatic rings. The smallest absolute Gasteiger partial charge is 0.291 e. The molecule has 0 radical (unpaired) electrons. The number of hydrogen-bond acceptors (Lipinski definition) is 5. The number of nitrogens with one attached hydrogen (secondary N) is 3. The summed E-state index contributed by atoms with van der Waals surface area (Å²) in [6.45, 7) is 8.84. The summed E-state index contributed by atoms with van der Waals surface area (Å²) in [5.41, 5.74) is 1.30. The van der Waals surface area contributed by atoms with E-state index >= 15 is 0 Å². The van der Waals surface area contributed by atoms with E-state index in [1.165, 1.54) is 6.26 Å². The molecule has 0 aliphatic carbocycles. The number of guanidine groups is 1. The molecule has 0 spiro atoms. The van der Waals surface area contributed by atoms with Crippen LogP contribution in [0.4, 0.5) is 5.69 Å². The Labute approximate surface area is 187 Å². The number of aliphatic hydroxyl groups is 1. The Hall–Kier alpha value is -3.52. The molecule has 0 bridgehead atoms. The fourth-order valence-electron chi connectivity index (χ4n) is 3.32. The van der Waals surface area contributed by atoms with Gasteiger partial charge in [0.2, 0.25) is 0 Å². The summed E-state index contributed by atoms with van der Waals surface area (Å²) in [5, 5.41) is 20.1. The minimum atomic E-state index is -1.11. The minimum absolute atomic E-state index is 0.261. The molecule has 0 fully saturated rings. The van der Waals surface area contributed by atoms with Crippen LogP contribution in [0, 0.1) is 13.8 Å². The highest BCUT2D eigenvalue weighted by Crippen LogP contribution is 2.26. The number of nitrogens with zero attached hydrogens (tertiary/aromatic N) is 1. The normalized spacial score (nSPS) is 13.5. The van der Waals surface area contributed by atoms with Gasteiger partial charge in [-0.15, -0.1) is 0 Å². The molecular weight excluding hydrogens is 408 g/mol. The van der Waals surface area contributed by atoms with E-state index in [4.69, 9.17) is 8.83 Å². The molecule has 0 saturated carbocycles. The van der Waals surface area contributed by atoms with E-state index in [0.717, 1.165) is 16.9 Å². The van der Waals surface area contributed by atoms with Gasteiger partial charge in [-0.25, -0.2) is 4.99 Å². The van der Waals surface area contributed by atoms with Gasteiger partial charge >= 0.3 is 0 Å². The number of rotatable bonds is 8. The molecule has 1 atom stereocenters. The standard InChI is InChI=1S/C24H30N4O4/c1-5-25-23(27-15-24(4,30)20-13-16(2)32-17(20)3)26-14-18-8-10-19(11-9-18)28-22(29)21-7-6-12-31-21/h6-13,30H,5,14-15H2,1-4H3,(H,28,29)(H2,25,26,27). The maximum atomic E-state index is 12.1. The molecule has 4 N–H and O–H groups in total. The zero-order chi connectivity index (χ0) is 23.1. The van der Waals surface area contributed by atoms with Gasteiger partial charge in [-0.2, -0.15) is 0 Å². The Morgan fingerprint density at radius 3 is 2.50 bits per heavy atom. The van der Waals surface area contributed by atoms with E-state index in [1.807, 2.05) is 51.1 Å². The second-order valence-electron chi connectivity index (χ2n) is 7.78. The third-order valence-corrected chi connectivity index (χ3v) is 4.94. The van der Waals surface area contributed by atoms with Crippen LogP contribution in [0.25, 0.3) is 0 Å². The molecule has 8 nitrogen and oxygen atoms in total. The van der Waals surface area contributed by atoms with Crippen molar-refractivity contribution in [3.63, 3.8) is 0 Å². The van der Waals surface area contributed by atoms with Crippen LogP contribution in [0.1, 0.15) is 47.0 Å². The van der Waals surface area contributed by atoms with Gasteiger partial charge in [-0.1, -0.05) is 12.1 Å². The van der Waals surface area contributed by atoms with Gasteiger partial charge in [-0.3, -0.25) is 4.79 Å². The van der Waals surface area contributed by atoms with Crippen molar-refractivity contribution in [3.8, 4) is 0 Å². The number of benzene rings is 1. The average molecular weight is 439 g/mol. The molecule has 1 unspecified atom stereocenters. The number of anilines is 1. The Kier molecular flexibility index (Phi) is 7.37. The quantitative estimate of drug-likeness (QED) is 0.315. The number of hydrogen-bond donors (Lipinski definition) is 4. The Bertz CT molecular complexity index is 1050. The van der Waals surface area contributed by atoms with Crippen molar-refractivity contribution < 1.29 is 18.7 Å². The maximum absolute atomic E-state index is 12.1. The van der Waals surface area contributed by atoms with Crippen LogP contribution in [0.5, 0.6) is 0 Å². The van der Waals surface area contributed by atoms with Gasteiger partial charge < -0.3 is 29.9 Å². The van der Waals surface area contributed by atoms with Crippen molar-refractivity contribution in [1.82, 2.24) is 10.6 Å². The first-order valence-electron chi connectivity index (χ1n) is 10.5. The minimum Gasteiger partial charge on any atom is -0.466 e. The third-order valence-electron chi connectivity index (χ3n) is 4.94. The highest BCUT2D eigenvalue weighted by Gasteiger charge is 2.27. The van der Waals surface area contributed by atoms with E-state index in [-0.39, 0.29) is 18.2 Å². The highest BCUT2D eigenvalue weighted by atomic mass is 16.3. The zero-order valence-electron chi connectivity index (χ0n) is 18.9. The molecule has 2 aromatic heterocycles. The van der Waals surface area contributed by atoms with Gasteiger partial charge in [0.1, 0.15) is 17.1 Å². The Balaban J connectivity index is 1.59. The molecular formula is C24H30N4O4. The number of carbonyl (C=O) groups is 1. The van der Waals surface area contributed by atoms with Crippen LogP contribution in [0.3, 0.4) is 0 Å². The molecule has 32 heavy (non-hydrogen) atoms. The molecule has 0 aliphatic rings. The number of furan rings is 2. The van der Waals surface area contributed by atoms with Crippen molar-refractivity contribution in [2.75, 3.05) is 18.4 Å². The summed E-state index contributed by atoms with van der Waals surface area (Å²) in [5.74, 6) is 2.03. The van der Waals surface area contributed by atoms with Crippen LogP contribution in [-0.2, 0) is 12.1 Å². The molecule has 2 heterocycles. The van der Waals surface area contributed by atoms with E-state index < -0.39 is 5.60 Å². The molecule has 0 saturated heterocycles. The lowest BCUT2D eigenvalue weighted by atomic mass is 9.96. The number of amides is 1. The third kappa shape index (κ3) is 6.01. The lowest BCUT2D eigenvalue weighted by Crippen LogP contribution is -2.44. The topological polar surface area (TPSA) is 112 Å². The fraction of sp³-hybridized carbons (Fsp3) is 0.333. The van der Waals surface area contributed by atoms with E-state index in [9.17, 15) is 9.90 Å². The molecule has 8 heteroatoms. The SMILES string of the molecule is CCNC(=NCc1ccc(NC(=O)c2ccco2)cc1)NCC(C)(O)c1cc(C)oc1C. The summed E-state index contributed by atoms with van der Waals surface area (Å²) in [4.78, 5) is 16.7. The summed E-state index contributed by atoms with van der Waals surface area (Å²) in [6, 6.07) is 12.6. The Morgan fingerprint density at radius 2 is 1.91 bits per heavy atom. The average Bonchev–Trinajstić information content (AvgIpc) is 3.41. The van der Waals surface area contributed by atoms with Crippen molar-refractivity contribution in [2.45, 2.75) is 39.8 Å². The fourth-order valence-corrected chi connectivity index (χ4v) is 3.32. The van der Waals surface area contributed by atoms with Crippen LogP contribution in [0.2, 0.25) is 0 Å². The van der Waals surface area contributed by atoms with Crippen LogP contribution in [-0.4, -0.2) is 30.1 Å². The van der Waals surface area contributed by atoms with Crippen LogP contribution in [0.15, 0.2) is 62.6 Å². The highest BCUT2D eigenvalue weighted by molar-refractivity contribution is 6.02. The lowest BCUT2D eigenvalue weighted by molar-refractivity contribution is 0.0601. The summed E-state index contributed by atoms with van der Waals surface area (Å²) in [6.07, 6.45) is 1.46. The number of carbonyl (C=O) groups excluding carboxylic acids is 1. The molecule has 1 aromatic carbocycles. The van der Waals surface area contributed by atoms with Gasteiger partial charge in [0.15, 0.2) is 11.7 Å². The molecule has 0 aliphatic heterocycles. The monoisotopic (exact) mass is 438 g/mol. The van der Waals surface area contributed by atoms with E-state index in [0.29, 0.717) is 30.5 Å². The first-order valence-corrected chi connectivity index (χ1v) is 10.5. The summed E-state index contributed by atoms with van der Waals surface area (Å²) >= 11 is 0. The first kappa shape index (κ1) is 23.1. The molecule has 170 valence electrons. The van der Waals surface area contributed by atoms with Crippen molar-refractivity contribution in [1.29, 1.82) is 0 Å². The summed E-state index contributed by atoms with van der Waals surface area (Å²) in [7, 11) is 0. The zero-order valence-corrected chi connectivity index (χ0v) is 18.9. The van der Waals surface area contributed by atoms with E-state index in [2.05, 4.69) is 20.9 Å². The van der Waals surface area contributed by atoms with Crippen LogP contribution < -0.4 is 16.0 Å². The van der Waals surface area contributed by atoms with Gasteiger partial charge in [0, 0.05) is 17.8 Å². The summed E-state index contributed by atoms with van der Waals surface area (Å²) < 4.78 is 10.6. The predicted octanol–water partition coefficient (Wildman–Crippen LogP) is 3.70. The van der Waals surface area contributed by atoms with Gasteiger partial charge in [0.25, 0.3) is 5.91 Å². The van der Waals surface area contributed by atoms with E-state index in [1.54, 1.807) is 19.1 Å². The second-order valence-corrected chi connectivity index (χ2v) is 7.78. The Morgan fingerprint density at radius 1 is 1.16 bits per heavy atom. The predicted molar refractivity (Wildman–Crippen MR) is 124 cm³/mol. The van der Waals surface area contributed by atoms with Crippen molar-refractivity contribution in [2.24, 2.45) is 4.99 Å². The maximum Gasteiger partial charge on any atom is 0.291 e. The van der Waals surface area contributed by atoms with Crippen molar-refractivity contribution in [3.05, 3.63) is 77.1 Å². The number of aliphatic imine (C=N–C) groups is 1. The van der Waals surface area contributed by atoms with Gasteiger partial charge in [0.05, 0.1) is 19.4 Å². The van der Waals surface area contributed by atoms with Crippen LogP contribution >= 0.6 is 0 Å². The largest absolute Gasteiger partial charge is 0.466 e. The first-order chi connectivity index (χ1) is 15.3. The lowest BCUT2D eigenvalue weighted by Gasteiger charge is -2.24.